The molecule has 26 heavy (non-hydrogen) atoms. The molecule has 1 aliphatic carbocycles. The van der Waals surface area contributed by atoms with Gasteiger partial charge in [-0.2, -0.15) is 0 Å². The zero-order chi connectivity index (χ0) is 18.1. The highest BCUT2D eigenvalue weighted by Gasteiger charge is 2.38. The Hall–Kier alpha value is -1.56. The van der Waals surface area contributed by atoms with E-state index in [-0.39, 0.29) is 0 Å². The van der Waals surface area contributed by atoms with Crippen molar-refractivity contribution in [2.24, 2.45) is 4.99 Å². The number of hydrogen-bond acceptors (Lipinski definition) is 3. The van der Waals surface area contributed by atoms with Gasteiger partial charge in [0.2, 0.25) is 0 Å². The van der Waals surface area contributed by atoms with Crippen LogP contribution >= 0.6 is 0 Å². The highest BCUT2D eigenvalue weighted by Crippen LogP contribution is 2.35. The number of piperidine rings is 1. The van der Waals surface area contributed by atoms with Gasteiger partial charge in [-0.25, -0.2) is 4.98 Å². The van der Waals surface area contributed by atoms with E-state index in [2.05, 4.69) is 30.1 Å². The summed E-state index contributed by atoms with van der Waals surface area (Å²) in [6.07, 6.45) is 17.7. The summed E-state index contributed by atoms with van der Waals surface area (Å²) in [5, 5.41) is 7.13. The molecule has 3 rings (SSSR count). The third kappa shape index (κ3) is 5.22. The van der Waals surface area contributed by atoms with Crippen LogP contribution in [0.25, 0.3) is 0 Å². The van der Waals surface area contributed by atoms with Crippen LogP contribution < -0.4 is 10.6 Å². The molecule has 0 unspecified atom stereocenters. The van der Waals surface area contributed by atoms with Crippen molar-refractivity contribution in [3.63, 3.8) is 0 Å². The molecule has 2 aliphatic rings. The molecule has 2 heterocycles. The molecule has 0 atom stereocenters. The van der Waals surface area contributed by atoms with Crippen LogP contribution in [0.2, 0.25) is 0 Å². The van der Waals surface area contributed by atoms with E-state index in [1.54, 1.807) is 0 Å². The van der Waals surface area contributed by atoms with Crippen molar-refractivity contribution < 1.29 is 0 Å². The molecule has 2 fully saturated rings. The average Bonchev–Trinajstić information content (AvgIpc) is 3.22. The summed E-state index contributed by atoms with van der Waals surface area (Å²) in [6, 6.07) is 0. The molecule has 1 saturated carbocycles. The summed E-state index contributed by atoms with van der Waals surface area (Å²) in [7, 11) is 1.87. The number of aromatic nitrogens is 2. The van der Waals surface area contributed by atoms with Crippen molar-refractivity contribution in [2.75, 3.05) is 33.2 Å². The molecular formula is C20H36N6. The van der Waals surface area contributed by atoms with Gasteiger partial charge < -0.3 is 15.2 Å². The number of guanidine groups is 1. The molecule has 6 nitrogen and oxygen atoms in total. The normalized spacial score (nSPS) is 21.5. The fourth-order valence-corrected chi connectivity index (χ4v) is 4.54. The zero-order valence-electron chi connectivity index (χ0n) is 16.4. The molecule has 1 aliphatic heterocycles. The summed E-state index contributed by atoms with van der Waals surface area (Å²) in [4.78, 5) is 11.3. The third-order valence-electron chi connectivity index (χ3n) is 6.06. The minimum atomic E-state index is 0.340. The van der Waals surface area contributed by atoms with Crippen LogP contribution in [0.5, 0.6) is 0 Å². The molecule has 0 aromatic carbocycles. The van der Waals surface area contributed by atoms with E-state index in [0.717, 1.165) is 32.0 Å². The molecule has 0 spiro atoms. The van der Waals surface area contributed by atoms with Gasteiger partial charge in [0.1, 0.15) is 0 Å². The lowest BCUT2D eigenvalue weighted by molar-refractivity contribution is 0.0368. The number of nitrogens with one attached hydrogen (secondary N) is 2. The van der Waals surface area contributed by atoms with Crippen LogP contribution in [0.3, 0.4) is 0 Å². The van der Waals surface area contributed by atoms with Gasteiger partial charge in [0, 0.05) is 44.6 Å². The Kier molecular flexibility index (Phi) is 7.35. The van der Waals surface area contributed by atoms with Gasteiger partial charge >= 0.3 is 0 Å². The number of hydrogen-bond donors (Lipinski definition) is 2. The van der Waals surface area contributed by atoms with Crippen LogP contribution in [-0.2, 0) is 6.54 Å². The van der Waals surface area contributed by atoms with Crippen LogP contribution in [0.1, 0.15) is 57.8 Å². The summed E-state index contributed by atoms with van der Waals surface area (Å²) >= 11 is 0. The van der Waals surface area contributed by atoms with Crippen molar-refractivity contribution in [1.29, 1.82) is 0 Å². The first-order valence-electron chi connectivity index (χ1n) is 10.5. The monoisotopic (exact) mass is 360 g/mol. The summed E-state index contributed by atoms with van der Waals surface area (Å²) in [6.45, 7) is 5.49. The minimum Gasteiger partial charge on any atom is -0.356 e. The Morgan fingerprint density at radius 2 is 1.85 bits per heavy atom. The van der Waals surface area contributed by atoms with Crippen LogP contribution in [0, 0.1) is 0 Å². The number of aryl methyl sites for hydroxylation is 1. The minimum absolute atomic E-state index is 0.340. The second kappa shape index (κ2) is 9.95. The maximum Gasteiger partial charge on any atom is 0.191 e. The first-order valence-corrected chi connectivity index (χ1v) is 10.5. The second-order valence-corrected chi connectivity index (χ2v) is 7.84. The van der Waals surface area contributed by atoms with E-state index < -0.39 is 0 Å². The van der Waals surface area contributed by atoms with E-state index >= 15 is 0 Å². The Morgan fingerprint density at radius 3 is 2.54 bits per heavy atom. The highest BCUT2D eigenvalue weighted by atomic mass is 15.3. The molecule has 6 heteroatoms. The van der Waals surface area contributed by atoms with Gasteiger partial charge in [-0.1, -0.05) is 25.7 Å². The predicted octanol–water partition coefficient (Wildman–Crippen LogP) is 2.63. The fourth-order valence-electron chi connectivity index (χ4n) is 4.54. The standard InChI is InChI=1S/C20H36N6/c1-21-19(23-11-8-13-25-16-12-22-18-25)24-17-20(9-4-2-5-10-20)26-14-6-3-7-15-26/h12,16,18H,2-11,13-15,17H2,1H3,(H2,21,23,24). The van der Waals surface area contributed by atoms with E-state index in [4.69, 9.17) is 0 Å². The van der Waals surface area contributed by atoms with Crippen LogP contribution in [0.15, 0.2) is 23.7 Å². The maximum absolute atomic E-state index is 4.44. The summed E-state index contributed by atoms with van der Waals surface area (Å²) in [5.41, 5.74) is 0.340. The molecule has 1 saturated heterocycles. The Balaban J connectivity index is 1.46. The Morgan fingerprint density at radius 1 is 1.08 bits per heavy atom. The first kappa shape index (κ1) is 19.2. The molecule has 0 bridgehead atoms. The maximum atomic E-state index is 4.44. The summed E-state index contributed by atoms with van der Waals surface area (Å²) in [5.74, 6) is 0.942. The number of nitrogens with zero attached hydrogens (tertiary/aromatic N) is 4. The fraction of sp³-hybridized carbons (Fsp3) is 0.800. The number of imidazole rings is 1. The van der Waals surface area contributed by atoms with Crippen molar-refractivity contribution in [3.05, 3.63) is 18.7 Å². The third-order valence-corrected chi connectivity index (χ3v) is 6.06. The predicted molar refractivity (Wildman–Crippen MR) is 107 cm³/mol. The first-order chi connectivity index (χ1) is 12.8. The largest absolute Gasteiger partial charge is 0.356 e. The van der Waals surface area contributed by atoms with Crippen LogP contribution in [0.4, 0.5) is 0 Å². The van der Waals surface area contributed by atoms with Gasteiger partial charge in [0.25, 0.3) is 0 Å². The lowest BCUT2D eigenvalue weighted by Crippen LogP contribution is -2.59. The molecule has 0 radical (unpaired) electrons. The summed E-state index contributed by atoms with van der Waals surface area (Å²) < 4.78 is 2.12. The SMILES string of the molecule is CN=C(NCCCn1ccnc1)NCC1(N2CCCCC2)CCCCC1. The molecular weight excluding hydrogens is 324 g/mol. The quantitative estimate of drug-likeness (QED) is 0.446. The van der Waals surface area contributed by atoms with Gasteiger partial charge in [-0.15, -0.1) is 0 Å². The molecule has 0 amide bonds. The van der Waals surface area contributed by atoms with Gasteiger partial charge in [-0.3, -0.25) is 9.89 Å². The Bertz CT molecular complexity index is 527. The van der Waals surface area contributed by atoms with E-state index in [1.807, 2.05) is 25.8 Å². The van der Waals surface area contributed by atoms with Crippen molar-refractivity contribution in [3.8, 4) is 0 Å². The van der Waals surface area contributed by atoms with Gasteiger partial charge in [0.05, 0.1) is 6.33 Å². The molecule has 146 valence electrons. The Labute approximate surface area is 158 Å². The smallest absolute Gasteiger partial charge is 0.191 e. The van der Waals surface area contributed by atoms with E-state index in [9.17, 15) is 0 Å². The number of likely N-dealkylation sites (tertiary alicyclic amines) is 1. The lowest BCUT2D eigenvalue weighted by atomic mass is 9.79. The molecule has 2 N–H and O–H groups in total. The second-order valence-electron chi connectivity index (χ2n) is 7.84. The van der Waals surface area contributed by atoms with Crippen molar-refractivity contribution >= 4 is 5.96 Å². The van der Waals surface area contributed by atoms with E-state index in [0.29, 0.717) is 5.54 Å². The van der Waals surface area contributed by atoms with Crippen molar-refractivity contribution in [1.82, 2.24) is 25.1 Å². The lowest BCUT2D eigenvalue weighted by Gasteiger charge is -2.48. The number of rotatable bonds is 7. The average molecular weight is 361 g/mol. The zero-order valence-corrected chi connectivity index (χ0v) is 16.4. The topological polar surface area (TPSA) is 57.5 Å². The highest BCUT2D eigenvalue weighted by molar-refractivity contribution is 5.79. The van der Waals surface area contributed by atoms with E-state index in [1.165, 1.54) is 64.5 Å². The van der Waals surface area contributed by atoms with Gasteiger partial charge in [-0.05, 0) is 45.2 Å². The molecule has 1 aromatic heterocycles. The van der Waals surface area contributed by atoms with Gasteiger partial charge in [0.15, 0.2) is 5.96 Å². The number of aliphatic imine (C=N–C) groups is 1. The molecule has 1 aromatic rings. The van der Waals surface area contributed by atoms with Crippen molar-refractivity contribution in [2.45, 2.75) is 69.9 Å². The van der Waals surface area contributed by atoms with Crippen LogP contribution in [-0.4, -0.2) is 59.2 Å².